The molecular formula is C31H37N5O5. The van der Waals surface area contributed by atoms with Gasteiger partial charge in [-0.05, 0) is 62.1 Å². The molecule has 2 aromatic carbocycles. The molecule has 2 aliphatic rings. The predicted molar refractivity (Wildman–Crippen MR) is 159 cm³/mol. The lowest BCUT2D eigenvalue weighted by atomic mass is 9.83. The average Bonchev–Trinajstić information content (AvgIpc) is 2.97. The van der Waals surface area contributed by atoms with Gasteiger partial charge in [0.25, 0.3) is 11.5 Å². The van der Waals surface area contributed by atoms with E-state index < -0.39 is 6.03 Å². The Kier molecular flexibility index (Phi) is 8.88. The number of ether oxygens (including phenoxy) is 2. The molecule has 41 heavy (non-hydrogen) atoms. The van der Waals surface area contributed by atoms with Crippen LogP contribution in [0.1, 0.15) is 41.7 Å². The Labute approximate surface area is 239 Å². The van der Waals surface area contributed by atoms with Crippen molar-refractivity contribution in [3.05, 3.63) is 82.3 Å². The van der Waals surface area contributed by atoms with E-state index in [4.69, 9.17) is 9.47 Å². The number of urea groups is 1. The van der Waals surface area contributed by atoms with Crippen LogP contribution >= 0.6 is 0 Å². The summed E-state index contributed by atoms with van der Waals surface area (Å²) in [6, 6.07) is 17.6. The summed E-state index contributed by atoms with van der Waals surface area (Å²) < 4.78 is 12.5. The van der Waals surface area contributed by atoms with Crippen LogP contribution in [0.5, 0.6) is 5.75 Å². The highest BCUT2D eigenvalue weighted by atomic mass is 16.5. The van der Waals surface area contributed by atoms with Crippen molar-refractivity contribution in [3.63, 3.8) is 0 Å². The molecule has 1 aromatic heterocycles. The lowest BCUT2D eigenvalue weighted by molar-refractivity contribution is 0.0944. The minimum atomic E-state index is -0.428. The molecule has 3 aromatic rings. The largest absolute Gasteiger partial charge is 0.497 e. The SMILES string of the molecule is CCOCCCNC(=O)c1ccc(N2CC3CC(C2)c2cccc(=O)n2C3)c(NC(=O)Nc2cccc(OC)c2)c1. The first kappa shape index (κ1) is 28.2. The number of nitrogens with one attached hydrogen (secondary N) is 3. The number of rotatable bonds is 10. The number of aromatic nitrogens is 1. The molecule has 216 valence electrons. The van der Waals surface area contributed by atoms with Crippen LogP contribution in [0.3, 0.4) is 0 Å². The summed E-state index contributed by atoms with van der Waals surface area (Å²) in [5.74, 6) is 0.912. The van der Waals surface area contributed by atoms with Crippen molar-refractivity contribution >= 4 is 29.0 Å². The summed E-state index contributed by atoms with van der Waals surface area (Å²) in [6.45, 7) is 5.77. The molecule has 3 heterocycles. The maximum Gasteiger partial charge on any atom is 0.323 e. The van der Waals surface area contributed by atoms with Gasteiger partial charge in [0, 0.05) is 74.4 Å². The Bertz CT molecular complexity index is 1450. The number of carbonyl (C=O) groups excluding carboxylic acids is 2. The van der Waals surface area contributed by atoms with Crippen LogP contribution in [0.2, 0.25) is 0 Å². The number of fused-ring (bicyclic) bond motifs is 4. The second-order valence-corrected chi connectivity index (χ2v) is 10.5. The lowest BCUT2D eigenvalue weighted by Crippen LogP contribution is -2.47. The highest BCUT2D eigenvalue weighted by Gasteiger charge is 2.35. The molecule has 0 aliphatic carbocycles. The highest BCUT2D eigenvalue weighted by Crippen LogP contribution is 2.39. The number of hydrogen-bond acceptors (Lipinski definition) is 6. The summed E-state index contributed by atoms with van der Waals surface area (Å²) >= 11 is 0. The van der Waals surface area contributed by atoms with Gasteiger partial charge in [0.1, 0.15) is 5.75 Å². The quantitative estimate of drug-likeness (QED) is 0.320. The van der Waals surface area contributed by atoms with E-state index >= 15 is 0 Å². The molecule has 2 unspecified atom stereocenters. The average molecular weight is 560 g/mol. The van der Waals surface area contributed by atoms with E-state index in [0.29, 0.717) is 67.9 Å². The van der Waals surface area contributed by atoms with Crippen LogP contribution in [0, 0.1) is 5.92 Å². The molecule has 2 aliphatic heterocycles. The van der Waals surface area contributed by atoms with Gasteiger partial charge in [0.2, 0.25) is 0 Å². The summed E-state index contributed by atoms with van der Waals surface area (Å²) in [6.07, 6.45) is 1.73. The Morgan fingerprint density at radius 1 is 1.00 bits per heavy atom. The number of methoxy groups -OCH3 is 1. The third-order valence-electron chi connectivity index (χ3n) is 7.61. The van der Waals surface area contributed by atoms with Crippen LogP contribution in [0.25, 0.3) is 0 Å². The standard InChI is InChI=1S/C31H37N5O5/c1-3-41-14-6-13-32-30(38)22-11-12-28(26(16-22)34-31(39)33-24-7-4-8-25(17-24)40-2)35-18-21-15-23(20-35)27-9-5-10-29(37)36(27)19-21/h4-5,7-12,16-17,21,23H,3,6,13-15,18-20H2,1-2H3,(H,32,38)(H2,33,34,39). The van der Waals surface area contributed by atoms with E-state index in [-0.39, 0.29) is 17.4 Å². The summed E-state index contributed by atoms with van der Waals surface area (Å²) in [5.41, 5.74) is 3.50. The molecule has 0 radical (unpaired) electrons. The third kappa shape index (κ3) is 6.71. The smallest absolute Gasteiger partial charge is 0.323 e. The van der Waals surface area contributed by atoms with Crippen LogP contribution < -0.4 is 31.1 Å². The number of carbonyl (C=O) groups is 2. The summed E-state index contributed by atoms with van der Waals surface area (Å²) in [5, 5.41) is 8.77. The van der Waals surface area contributed by atoms with E-state index in [2.05, 4.69) is 20.9 Å². The van der Waals surface area contributed by atoms with Crippen molar-refractivity contribution in [2.75, 3.05) is 55.5 Å². The number of nitrogens with zero attached hydrogens (tertiary/aromatic N) is 2. The normalized spacial score (nSPS) is 17.4. The molecule has 1 saturated heterocycles. The molecule has 3 N–H and O–H groups in total. The van der Waals surface area contributed by atoms with Gasteiger partial charge in [0.15, 0.2) is 0 Å². The summed E-state index contributed by atoms with van der Waals surface area (Å²) in [4.78, 5) is 40.8. The third-order valence-corrected chi connectivity index (χ3v) is 7.61. The minimum absolute atomic E-state index is 0.0406. The fourth-order valence-corrected chi connectivity index (χ4v) is 5.75. The zero-order valence-electron chi connectivity index (χ0n) is 23.5. The molecule has 0 spiro atoms. The van der Waals surface area contributed by atoms with Crippen molar-refractivity contribution < 1.29 is 19.1 Å². The Hall–Kier alpha value is -4.31. The van der Waals surface area contributed by atoms with Crippen LogP contribution in [-0.2, 0) is 11.3 Å². The summed E-state index contributed by atoms with van der Waals surface area (Å²) in [7, 11) is 1.57. The maximum absolute atomic E-state index is 13.1. The van der Waals surface area contributed by atoms with Crippen LogP contribution in [0.4, 0.5) is 21.9 Å². The topological polar surface area (TPSA) is 114 Å². The number of hydrogen-bond donors (Lipinski definition) is 3. The number of pyridine rings is 1. The van der Waals surface area contributed by atoms with Gasteiger partial charge in [-0.2, -0.15) is 0 Å². The first-order chi connectivity index (χ1) is 19.9. The van der Waals surface area contributed by atoms with Crippen molar-refractivity contribution in [2.24, 2.45) is 5.92 Å². The first-order valence-electron chi connectivity index (χ1n) is 14.1. The molecule has 0 saturated carbocycles. The minimum Gasteiger partial charge on any atom is -0.497 e. The molecule has 5 rings (SSSR count). The van der Waals surface area contributed by atoms with Crippen molar-refractivity contribution in [2.45, 2.75) is 32.2 Å². The van der Waals surface area contributed by atoms with Gasteiger partial charge in [0.05, 0.1) is 18.5 Å². The van der Waals surface area contributed by atoms with Gasteiger partial charge >= 0.3 is 6.03 Å². The molecule has 2 bridgehead atoms. The van der Waals surface area contributed by atoms with Gasteiger partial charge in [-0.25, -0.2) is 4.79 Å². The van der Waals surface area contributed by atoms with Gasteiger partial charge in [-0.15, -0.1) is 0 Å². The van der Waals surface area contributed by atoms with E-state index in [1.807, 2.05) is 29.7 Å². The Balaban J connectivity index is 1.38. The molecular weight excluding hydrogens is 522 g/mol. The van der Waals surface area contributed by atoms with E-state index in [0.717, 1.165) is 24.3 Å². The van der Waals surface area contributed by atoms with Gasteiger partial charge in [-0.3, -0.25) is 9.59 Å². The Morgan fingerprint density at radius 3 is 2.68 bits per heavy atom. The van der Waals surface area contributed by atoms with E-state index in [1.165, 1.54) is 0 Å². The highest BCUT2D eigenvalue weighted by molar-refractivity contribution is 6.04. The van der Waals surface area contributed by atoms with Crippen molar-refractivity contribution in [1.82, 2.24) is 9.88 Å². The monoisotopic (exact) mass is 559 g/mol. The number of benzene rings is 2. The lowest BCUT2D eigenvalue weighted by Gasteiger charge is -2.44. The fraction of sp³-hybridized carbons (Fsp3) is 0.387. The van der Waals surface area contributed by atoms with Crippen LogP contribution in [0.15, 0.2) is 65.5 Å². The van der Waals surface area contributed by atoms with Crippen molar-refractivity contribution in [1.29, 1.82) is 0 Å². The zero-order valence-corrected chi connectivity index (χ0v) is 23.5. The van der Waals surface area contributed by atoms with Crippen LogP contribution in [-0.4, -0.2) is 56.5 Å². The molecule has 10 heteroatoms. The van der Waals surface area contributed by atoms with Gasteiger partial charge < -0.3 is 34.9 Å². The predicted octanol–water partition coefficient (Wildman–Crippen LogP) is 4.28. The Morgan fingerprint density at radius 2 is 1.85 bits per heavy atom. The fourth-order valence-electron chi connectivity index (χ4n) is 5.75. The van der Waals surface area contributed by atoms with Crippen molar-refractivity contribution in [3.8, 4) is 5.75 Å². The maximum atomic E-state index is 13.1. The molecule has 1 fully saturated rings. The zero-order chi connectivity index (χ0) is 28.8. The number of amides is 3. The van der Waals surface area contributed by atoms with E-state index in [1.54, 1.807) is 49.6 Å². The second-order valence-electron chi connectivity index (χ2n) is 10.5. The second kappa shape index (κ2) is 12.9. The molecule has 3 amide bonds. The van der Waals surface area contributed by atoms with E-state index in [9.17, 15) is 14.4 Å². The first-order valence-corrected chi connectivity index (χ1v) is 14.1. The number of piperidine rings is 1. The molecule has 10 nitrogen and oxygen atoms in total. The number of anilines is 3. The van der Waals surface area contributed by atoms with Gasteiger partial charge in [-0.1, -0.05) is 12.1 Å². The molecule has 2 atom stereocenters.